The van der Waals surface area contributed by atoms with E-state index in [1.54, 1.807) is 18.0 Å². The second-order valence-corrected chi connectivity index (χ2v) is 9.31. The second-order valence-electron chi connectivity index (χ2n) is 8.94. The van der Waals surface area contributed by atoms with Gasteiger partial charge in [0.05, 0.1) is 31.5 Å². The molecule has 0 radical (unpaired) electrons. The van der Waals surface area contributed by atoms with Crippen LogP contribution in [0.25, 0.3) is 11.4 Å². The number of rotatable bonds is 4. The van der Waals surface area contributed by atoms with Crippen LogP contribution in [0.15, 0.2) is 17.1 Å². The van der Waals surface area contributed by atoms with Gasteiger partial charge >= 0.3 is 5.97 Å². The van der Waals surface area contributed by atoms with Crippen molar-refractivity contribution in [1.82, 2.24) is 14.3 Å². The van der Waals surface area contributed by atoms with Gasteiger partial charge in [-0.3, -0.25) is 9.48 Å². The molecule has 2 aromatic heterocycles. The third-order valence-electron chi connectivity index (χ3n) is 5.94. The summed E-state index contributed by atoms with van der Waals surface area (Å²) >= 11 is 6.66. The fraction of sp³-hybridized carbons (Fsp3) is 0.571. The highest BCUT2D eigenvalue weighted by atomic mass is 35.5. The van der Waals surface area contributed by atoms with E-state index in [0.717, 1.165) is 12.8 Å². The lowest BCUT2D eigenvalue weighted by atomic mass is 9.85. The zero-order valence-electron chi connectivity index (χ0n) is 17.8. The van der Waals surface area contributed by atoms with Crippen LogP contribution in [0.3, 0.4) is 0 Å². The van der Waals surface area contributed by atoms with Crippen molar-refractivity contribution in [2.75, 3.05) is 14.2 Å². The van der Waals surface area contributed by atoms with Crippen molar-refractivity contribution in [2.24, 2.45) is 5.41 Å². The maximum Gasteiger partial charge on any atom is 0.343 e. The molecule has 30 heavy (non-hydrogen) atoms. The van der Waals surface area contributed by atoms with E-state index in [1.807, 2.05) is 4.57 Å². The molecule has 0 N–H and O–H groups in total. The van der Waals surface area contributed by atoms with Gasteiger partial charge in [-0.2, -0.15) is 0 Å². The number of hydrogen-bond donors (Lipinski definition) is 0. The molecule has 162 valence electrons. The predicted molar refractivity (Wildman–Crippen MR) is 111 cm³/mol. The van der Waals surface area contributed by atoms with Crippen LogP contribution in [-0.4, -0.2) is 46.7 Å². The molecule has 9 heteroatoms. The Balaban J connectivity index is 1.80. The molecule has 1 saturated carbocycles. The average molecular weight is 436 g/mol. The van der Waals surface area contributed by atoms with Crippen molar-refractivity contribution in [3.8, 4) is 17.3 Å². The van der Waals surface area contributed by atoms with Crippen molar-refractivity contribution in [3.05, 3.63) is 33.1 Å². The van der Waals surface area contributed by atoms with Crippen LogP contribution < -0.4 is 10.2 Å². The Hall–Kier alpha value is -2.32. The van der Waals surface area contributed by atoms with Gasteiger partial charge in [0.25, 0.3) is 5.88 Å². The highest BCUT2D eigenvalue weighted by molar-refractivity contribution is 6.34. The molecule has 3 heterocycles. The Morgan fingerprint density at radius 3 is 2.53 bits per heavy atom. The summed E-state index contributed by atoms with van der Waals surface area (Å²) in [6.07, 6.45) is 3.36. The highest BCUT2D eigenvalue weighted by Gasteiger charge is 2.38. The first-order valence-corrected chi connectivity index (χ1v) is 10.3. The number of carbonyl (C=O) groups is 1. The van der Waals surface area contributed by atoms with Gasteiger partial charge in [0, 0.05) is 32.2 Å². The third kappa shape index (κ3) is 3.41. The number of hydrogen-bond acceptors (Lipinski definition) is 6. The number of pyridine rings is 1. The first kappa shape index (κ1) is 20.9. The van der Waals surface area contributed by atoms with Crippen molar-refractivity contribution in [1.29, 1.82) is 0 Å². The standard InChI is InChI=1S/C21H26ClN3O5/c1-21(2,3)16-10-25-18(14-8-15(26)13(9-24(14)16)20(27)29-5)17(22)19(23-25)30-12-6-11(7-12)28-4/h8-9,11-12,16H,6-7,10H2,1-5H3/t11?,12?,16-/m0/s1. The maximum absolute atomic E-state index is 12.6. The van der Waals surface area contributed by atoms with Gasteiger partial charge in [0.2, 0.25) is 0 Å². The fourth-order valence-electron chi connectivity index (χ4n) is 4.04. The molecule has 0 aromatic carbocycles. The van der Waals surface area contributed by atoms with Crippen LogP contribution in [0, 0.1) is 5.41 Å². The van der Waals surface area contributed by atoms with Gasteiger partial charge in [-0.15, -0.1) is 5.10 Å². The minimum atomic E-state index is -0.658. The number of carbonyl (C=O) groups excluding carboxylic acids is 1. The number of esters is 1. The Kier molecular flexibility index (Phi) is 5.18. The molecule has 2 aliphatic rings. The zero-order chi connectivity index (χ0) is 21.8. The van der Waals surface area contributed by atoms with E-state index >= 15 is 0 Å². The average Bonchev–Trinajstić information content (AvgIpc) is 2.97. The molecule has 0 saturated heterocycles. The van der Waals surface area contributed by atoms with E-state index in [2.05, 4.69) is 25.9 Å². The Morgan fingerprint density at radius 2 is 1.93 bits per heavy atom. The molecular weight excluding hydrogens is 410 g/mol. The highest BCUT2D eigenvalue weighted by Crippen LogP contribution is 2.45. The van der Waals surface area contributed by atoms with Crippen molar-refractivity contribution in [3.63, 3.8) is 0 Å². The molecule has 0 amide bonds. The van der Waals surface area contributed by atoms with Gasteiger partial charge in [-0.1, -0.05) is 32.4 Å². The van der Waals surface area contributed by atoms with E-state index in [1.165, 1.54) is 13.2 Å². The Bertz CT molecular complexity index is 1050. The SMILES string of the molecule is COC(=O)c1cn2c(cc1=O)-c1c(Cl)c(OC3CC(OC)C3)nn1C[C@H]2C(C)(C)C. The summed E-state index contributed by atoms with van der Waals surface area (Å²) in [6.45, 7) is 6.84. The first-order valence-electron chi connectivity index (χ1n) is 9.94. The van der Waals surface area contributed by atoms with Crippen LogP contribution in [-0.2, 0) is 16.0 Å². The van der Waals surface area contributed by atoms with E-state index in [4.69, 9.17) is 25.8 Å². The molecule has 0 spiro atoms. The first-order chi connectivity index (χ1) is 14.1. The van der Waals surface area contributed by atoms with Crippen molar-refractivity contribution >= 4 is 17.6 Å². The second kappa shape index (κ2) is 7.42. The number of ether oxygens (including phenoxy) is 3. The molecule has 1 aliphatic heterocycles. The quantitative estimate of drug-likeness (QED) is 0.685. The minimum absolute atomic E-state index is 0.00358. The van der Waals surface area contributed by atoms with E-state index in [0.29, 0.717) is 28.8 Å². The molecule has 2 aromatic rings. The maximum atomic E-state index is 12.6. The lowest BCUT2D eigenvalue weighted by Gasteiger charge is -2.38. The third-order valence-corrected chi connectivity index (χ3v) is 6.28. The summed E-state index contributed by atoms with van der Waals surface area (Å²) in [5.41, 5.74) is 0.624. The van der Waals surface area contributed by atoms with Crippen molar-refractivity contribution in [2.45, 2.75) is 58.4 Å². The number of methoxy groups -OCH3 is 2. The molecule has 1 atom stereocenters. The monoisotopic (exact) mass is 435 g/mol. The normalized spacial score (nSPS) is 22.7. The van der Waals surface area contributed by atoms with Crippen LogP contribution >= 0.6 is 11.6 Å². The summed E-state index contributed by atoms with van der Waals surface area (Å²) in [4.78, 5) is 24.7. The predicted octanol–water partition coefficient (Wildman–Crippen LogP) is 3.31. The minimum Gasteiger partial charge on any atom is -0.472 e. The van der Waals surface area contributed by atoms with Crippen LogP contribution in [0.5, 0.6) is 5.88 Å². The molecule has 1 aliphatic carbocycles. The number of nitrogens with zero attached hydrogens (tertiary/aromatic N) is 3. The van der Waals surface area contributed by atoms with Crippen LogP contribution in [0.4, 0.5) is 0 Å². The lowest BCUT2D eigenvalue weighted by molar-refractivity contribution is -0.0398. The van der Waals surface area contributed by atoms with Gasteiger partial charge < -0.3 is 18.8 Å². The van der Waals surface area contributed by atoms with E-state index in [9.17, 15) is 9.59 Å². The lowest BCUT2D eigenvalue weighted by Crippen LogP contribution is -2.39. The smallest absolute Gasteiger partial charge is 0.343 e. The van der Waals surface area contributed by atoms with E-state index in [-0.39, 0.29) is 29.2 Å². The van der Waals surface area contributed by atoms with Gasteiger partial charge in [0.1, 0.15) is 22.4 Å². The molecule has 0 bridgehead atoms. The molecule has 4 rings (SSSR count). The molecule has 0 unspecified atom stereocenters. The molecule has 1 fully saturated rings. The molecule has 8 nitrogen and oxygen atoms in total. The summed E-state index contributed by atoms with van der Waals surface area (Å²) in [5.74, 6) is -0.299. The Morgan fingerprint density at radius 1 is 1.23 bits per heavy atom. The largest absolute Gasteiger partial charge is 0.472 e. The summed E-state index contributed by atoms with van der Waals surface area (Å²) in [5, 5.41) is 4.97. The number of aromatic nitrogens is 3. The topological polar surface area (TPSA) is 84.6 Å². The summed E-state index contributed by atoms with van der Waals surface area (Å²) in [6, 6.07) is 1.37. The zero-order valence-corrected chi connectivity index (χ0v) is 18.5. The van der Waals surface area contributed by atoms with Gasteiger partial charge in [-0.25, -0.2) is 4.79 Å². The van der Waals surface area contributed by atoms with Crippen LogP contribution in [0.1, 0.15) is 50.0 Å². The van der Waals surface area contributed by atoms with E-state index < -0.39 is 11.4 Å². The number of fused-ring (bicyclic) bond motifs is 3. The summed E-state index contributed by atoms with van der Waals surface area (Å²) < 4.78 is 19.8. The fourth-order valence-corrected chi connectivity index (χ4v) is 4.31. The van der Waals surface area contributed by atoms with Crippen LogP contribution in [0.2, 0.25) is 5.02 Å². The number of halogens is 1. The van der Waals surface area contributed by atoms with Gasteiger partial charge in [-0.05, 0) is 5.41 Å². The summed E-state index contributed by atoms with van der Waals surface area (Å²) in [7, 11) is 2.95. The molecular formula is C21H26ClN3O5. The van der Waals surface area contributed by atoms with Crippen molar-refractivity contribution < 1.29 is 19.0 Å². The Labute approximate surface area is 179 Å². The van der Waals surface area contributed by atoms with Gasteiger partial charge in [0.15, 0.2) is 5.43 Å².